The van der Waals surface area contributed by atoms with Crippen LogP contribution in [0.5, 0.6) is 0 Å². The molecule has 0 aliphatic heterocycles. The molecule has 1 N–H and O–H groups in total. The van der Waals surface area contributed by atoms with E-state index in [4.69, 9.17) is 0 Å². The molecule has 3 aromatic rings. The zero-order valence-corrected chi connectivity index (χ0v) is 13.3. The average Bonchev–Trinajstić information content (AvgIpc) is 3.02. The fraction of sp³-hybridized carbons (Fsp3) is 0.267. The van der Waals surface area contributed by atoms with Gasteiger partial charge in [-0.25, -0.2) is 0 Å². The smallest absolute Gasteiger partial charge is 0.228 e. The van der Waals surface area contributed by atoms with E-state index in [1.54, 1.807) is 10.7 Å². The molecule has 0 radical (unpaired) electrons. The minimum absolute atomic E-state index is 0.123. The minimum Gasteiger partial charge on any atom is -0.300 e. The van der Waals surface area contributed by atoms with Crippen molar-refractivity contribution in [2.24, 2.45) is 0 Å². The molecule has 0 saturated heterocycles. The number of benzene rings is 1. The number of nitrogens with zero attached hydrogens (tertiary/aromatic N) is 4. The summed E-state index contributed by atoms with van der Waals surface area (Å²) in [5.41, 5.74) is 0.597. The molecule has 1 amide bonds. The second-order valence-corrected chi connectivity index (χ2v) is 5.96. The second kappa shape index (κ2) is 6.66. The highest BCUT2D eigenvalue weighted by atomic mass is 32.1. The number of fused-ring (bicyclic) bond motifs is 1. The van der Waals surface area contributed by atoms with Crippen LogP contribution in [0.1, 0.15) is 18.4 Å². The lowest BCUT2D eigenvalue weighted by Gasteiger charge is -2.08. The number of aromatic nitrogens is 4. The van der Waals surface area contributed by atoms with Crippen molar-refractivity contribution in [2.75, 3.05) is 5.32 Å². The third kappa shape index (κ3) is 3.42. The van der Waals surface area contributed by atoms with Crippen LogP contribution in [0.3, 0.4) is 0 Å². The van der Waals surface area contributed by atoms with Crippen molar-refractivity contribution < 1.29 is 4.79 Å². The van der Waals surface area contributed by atoms with Crippen molar-refractivity contribution in [3.05, 3.63) is 45.7 Å². The predicted molar refractivity (Wildman–Crippen MR) is 88.5 cm³/mol. The lowest BCUT2D eigenvalue weighted by atomic mass is 10.2. The van der Waals surface area contributed by atoms with Crippen LogP contribution in [0, 0.1) is 0 Å². The van der Waals surface area contributed by atoms with Crippen LogP contribution in [0.2, 0.25) is 0 Å². The minimum atomic E-state index is -0.159. The van der Waals surface area contributed by atoms with Gasteiger partial charge in [-0.3, -0.25) is 14.3 Å². The Morgan fingerprint density at radius 3 is 2.91 bits per heavy atom. The van der Waals surface area contributed by atoms with Gasteiger partial charge in [0.1, 0.15) is 5.01 Å². The Balaban J connectivity index is 1.69. The lowest BCUT2D eigenvalue weighted by molar-refractivity contribution is -0.116. The number of nitrogens with one attached hydrogen (secondary N) is 1. The molecular formula is C15H15N5O2S. The Morgan fingerprint density at radius 1 is 1.30 bits per heavy atom. The second-order valence-electron chi connectivity index (χ2n) is 4.90. The molecular weight excluding hydrogens is 314 g/mol. The maximum Gasteiger partial charge on any atom is 0.228 e. The van der Waals surface area contributed by atoms with Crippen molar-refractivity contribution in [1.29, 1.82) is 0 Å². The van der Waals surface area contributed by atoms with Crippen LogP contribution in [-0.2, 0) is 17.8 Å². The summed E-state index contributed by atoms with van der Waals surface area (Å²) >= 11 is 1.37. The zero-order valence-electron chi connectivity index (χ0n) is 12.5. The summed E-state index contributed by atoms with van der Waals surface area (Å²) in [6.45, 7) is 2.37. The first-order chi connectivity index (χ1) is 11.2. The van der Waals surface area contributed by atoms with E-state index in [0.29, 0.717) is 17.1 Å². The SMILES string of the molecule is CCc1nnc(NC(=O)CCn2ncc(=O)c3ccccc32)s1. The molecule has 0 unspecified atom stereocenters. The van der Waals surface area contributed by atoms with Gasteiger partial charge < -0.3 is 5.32 Å². The first kappa shape index (κ1) is 15.3. The molecule has 3 rings (SSSR count). The largest absolute Gasteiger partial charge is 0.300 e. The van der Waals surface area contributed by atoms with Crippen molar-refractivity contribution >= 4 is 33.3 Å². The van der Waals surface area contributed by atoms with E-state index in [0.717, 1.165) is 16.9 Å². The summed E-state index contributed by atoms with van der Waals surface area (Å²) in [6.07, 6.45) is 2.31. The number of rotatable bonds is 5. The van der Waals surface area contributed by atoms with Crippen molar-refractivity contribution in [3.63, 3.8) is 0 Å². The highest BCUT2D eigenvalue weighted by Gasteiger charge is 2.09. The highest BCUT2D eigenvalue weighted by Crippen LogP contribution is 2.15. The van der Waals surface area contributed by atoms with Gasteiger partial charge in [-0.1, -0.05) is 30.4 Å². The number of hydrogen-bond donors (Lipinski definition) is 1. The molecule has 0 saturated carbocycles. The van der Waals surface area contributed by atoms with Gasteiger partial charge in [0.15, 0.2) is 0 Å². The van der Waals surface area contributed by atoms with Gasteiger partial charge in [0.25, 0.3) is 0 Å². The highest BCUT2D eigenvalue weighted by molar-refractivity contribution is 7.15. The summed E-state index contributed by atoms with van der Waals surface area (Å²) in [5, 5.41) is 16.7. The molecule has 0 spiro atoms. The Morgan fingerprint density at radius 2 is 2.13 bits per heavy atom. The van der Waals surface area contributed by atoms with Crippen LogP contribution < -0.4 is 10.7 Å². The first-order valence-corrected chi connectivity index (χ1v) is 8.06. The normalized spacial score (nSPS) is 10.8. The summed E-state index contributed by atoms with van der Waals surface area (Å²) < 4.78 is 1.66. The number of carbonyl (C=O) groups excluding carboxylic acids is 1. The van der Waals surface area contributed by atoms with E-state index in [-0.39, 0.29) is 17.8 Å². The molecule has 2 heterocycles. The number of para-hydroxylation sites is 1. The maximum atomic E-state index is 12.0. The molecule has 0 atom stereocenters. The lowest BCUT2D eigenvalue weighted by Crippen LogP contribution is -2.17. The van der Waals surface area contributed by atoms with Crippen LogP contribution in [0.15, 0.2) is 35.3 Å². The first-order valence-electron chi connectivity index (χ1n) is 7.24. The van der Waals surface area contributed by atoms with E-state index in [1.807, 2.05) is 25.1 Å². The van der Waals surface area contributed by atoms with Gasteiger partial charge in [-0.2, -0.15) is 5.10 Å². The van der Waals surface area contributed by atoms with E-state index < -0.39 is 0 Å². The van der Waals surface area contributed by atoms with Gasteiger partial charge in [-0.05, 0) is 18.6 Å². The quantitative estimate of drug-likeness (QED) is 0.771. The molecule has 0 aliphatic rings. The Kier molecular flexibility index (Phi) is 4.42. The monoisotopic (exact) mass is 329 g/mol. The van der Waals surface area contributed by atoms with Gasteiger partial charge >= 0.3 is 0 Å². The molecule has 8 heteroatoms. The predicted octanol–water partition coefficient (Wildman–Crippen LogP) is 1.84. The zero-order chi connectivity index (χ0) is 16.2. The third-order valence-electron chi connectivity index (χ3n) is 3.33. The third-order valence-corrected chi connectivity index (χ3v) is 4.31. The number of carbonyl (C=O) groups is 1. The number of amides is 1. The summed E-state index contributed by atoms with van der Waals surface area (Å²) in [5.74, 6) is -0.159. The van der Waals surface area contributed by atoms with E-state index >= 15 is 0 Å². The standard InChI is InChI=1S/C15H15N5O2S/c1-2-14-18-19-15(23-14)17-13(22)7-8-20-11-6-4-3-5-10(11)12(21)9-16-20/h3-6,9H,2,7-8H2,1H3,(H,17,19,22). The van der Waals surface area contributed by atoms with Gasteiger partial charge in [0, 0.05) is 11.8 Å². The van der Waals surface area contributed by atoms with E-state index in [1.165, 1.54) is 17.5 Å². The molecule has 2 aromatic heterocycles. The molecule has 118 valence electrons. The Labute approximate surface area is 136 Å². The number of anilines is 1. The van der Waals surface area contributed by atoms with Crippen molar-refractivity contribution in [3.8, 4) is 0 Å². The van der Waals surface area contributed by atoms with Crippen LogP contribution in [-0.4, -0.2) is 25.9 Å². The molecule has 7 nitrogen and oxygen atoms in total. The molecule has 23 heavy (non-hydrogen) atoms. The van der Waals surface area contributed by atoms with E-state index in [9.17, 15) is 9.59 Å². The molecule has 0 bridgehead atoms. The topological polar surface area (TPSA) is 89.8 Å². The summed E-state index contributed by atoms with van der Waals surface area (Å²) in [4.78, 5) is 23.8. The van der Waals surface area contributed by atoms with E-state index in [2.05, 4.69) is 20.6 Å². The fourth-order valence-corrected chi connectivity index (χ4v) is 2.87. The number of hydrogen-bond acceptors (Lipinski definition) is 6. The van der Waals surface area contributed by atoms with Crippen LogP contribution in [0.25, 0.3) is 10.9 Å². The number of aryl methyl sites for hydroxylation is 2. The molecule has 1 aromatic carbocycles. The van der Waals surface area contributed by atoms with Crippen LogP contribution in [0.4, 0.5) is 5.13 Å². The molecule has 0 fully saturated rings. The Bertz CT molecular complexity index is 902. The van der Waals surface area contributed by atoms with Crippen molar-refractivity contribution in [2.45, 2.75) is 26.3 Å². The maximum absolute atomic E-state index is 12.0. The van der Waals surface area contributed by atoms with Crippen LogP contribution >= 0.6 is 11.3 Å². The summed E-state index contributed by atoms with van der Waals surface area (Å²) in [7, 11) is 0. The van der Waals surface area contributed by atoms with Gasteiger partial charge in [-0.15, -0.1) is 10.2 Å². The van der Waals surface area contributed by atoms with Gasteiger partial charge in [0.2, 0.25) is 16.5 Å². The Hall–Kier alpha value is -2.61. The van der Waals surface area contributed by atoms with Crippen molar-refractivity contribution in [1.82, 2.24) is 20.0 Å². The van der Waals surface area contributed by atoms with Gasteiger partial charge in [0.05, 0.1) is 18.3 Å². The average molecular weight is 329 g/mol. The fourth-order valence-electron chi connectivity index (χ4n) is 2.18. The summed E-state index contributed by atoms with van der Waals surface area (Å²) in [6, 6.07) is 7.22. The molecule has 0 aliphatic carbocycles.